The van der Waals surface area contributed by atoms with Gasteiger partial charge in [-0.25, -0.2) is 4.57 Å². The molecule has 2 N–H and O–H groups in total. The minimum atomic E-state index is -4.44. The maximum Gasteiger partial charge on any atom is 0.472 e. The van der Waals surface area contributed by atoms with Crippen molar-refractivity contribution in [1.29, 1.82) is 0 Å². The topological polar surface area (TPSA) is 129 Å². The molecule has 3 atom stereocenters. The zero-order valence-corrected chi connectivity index (χ0v) is 40.0. The van der Waals surface area contributed by atoms with E-state index in [0.29, 0.717) is 36.7 Å². The second-order valence-corrected chi connectivity index (χ2v) is 17.0. The first-order valence-corrected chi connectivity index (χ1v) is 24.2. The number of ether oxygens (including phenoxy) is 2. The van der Waals surface area contributed by atoms with Crippen molar-refractivity contribution in [2.45, 2.75) is 122 Å². The van der Waals surface area contributed by atoms with E-state index in [1.165, 1.54) is 0 Å². The number of hydrogen-bond donors (Lipinski definition) is 2. The monoisotopic (exact) mass is 895 g/mol. The second-order valence-electron chi connectivity index (χ2n) is 15.5. The molecule has 0 aliphatic carbocycles. The third-order valence-corrected chi connectivity index (χ3v) is 9.46. The molecule has 352 valence electrons. The van der Waals surface area contributed by atoms with Crippen LogP contribution in [0.15, 0.2) is 146 Å². The number of hydrogen-bond acceptors (Lipinski definition) is 8. The maximum absolute atomic E-state index is 12.7. The van der Waals surface area contributed by atoms with Crippen molar-refractivity contribution in [3.63, 3.8) is 0 Å². The number of carbonyl (C=O) groups excluding carboxylic acids is 2. The molecular formula is C52H81NO9P+. The van der Waals surface area contributed by atoms with Crippen LogP contribution in [-0.2, 0) is 32.7 Å². The van der Waals surface area contributed by atoms with Gasteiger partial charge in [0.1, 0.15) is 19.8 Å². The summed E-state index contributed by atoms with van der Waals surface area (Å²) in [5.41, 5.74) is 0. The highest BCUT2D eigenvalue weighted by molar-refractivity contribution is 7.47. The number of phosphoric ester groups is 1. The first-order chi connectivity index (χ1) is 30.4. The van der Waals surface area contributed by atoms with E-state index in [0.717, 1.165) is 57.8 Å². The molecule has 11 heteroatoms. The number of allylic oxidation sites excluding steroid dienone is 22. The lowest BCUT2D eigenvalue weighted by atomic mass is 10.2. The predicted molar refractivity (Wildman–Crippen MR) is 262 cm³/mol. The predicted octanol–water partition coefficient (Wildman–Crippen LogP) is 12.2. The summed E-state index contributed by atoms with van der Waals surface area (Å²) in [6.45, 7) is 3.87. The third kappa shape index (κ3) is 45.7. The van der Waals surface area contributed by atoms with Crippen LogP contribution in [-0.4, -0.2) is 86.1 Å². The summed E-state index contributed by atoms with van der Waals surface area (Å²) in [7, 11) is 1.34. The Kier molecular flexibility index (Phi) is 39.1. The Bertz CT molecular complexity index is 1590. The van der Waals surface area contributed by atoms with E-state index >= 15 is 0 Å². The molecule has 10 nitrogen and oxygen atoms in total. The van der Waals surface area contributed by atoms with Gasteiger partial charge >= 0.3 is 19.8 Å². The minimum absolute atomic E-state index is 0.00978. The van der Waals surface area contributed by atoms with Gasteiger partial charge in [-0.05, 0) is 83.5 Å². The van der Waals surface area contributed by atoms with Crippen LogP contribution in [0.1, 0.15) is 110 Å². The van der Waals surface area contributed by atoms with Gasteiger partial charge in [-0.3, -0.25) is 18.6 Å². The number of likely N-dealkylation sites (N-methyl/N-ethyl adjacent to an activating group) is 1. The molecule has 63 heavy (non-hydrogen) atoms. The minimum Gasteiger partial charge on any atom is -0.462 e. The van der Waals surface area contributed by atoms with Gasteiger partial charge < -0.3 is 24.0 Å². The average molecular weight is 895 g/mol. The molecule has 0 fully saturated rings. The van der Waals surface area contributed by atoms with Gasteiger partial charge in [-0.1, -0.05) is 160 Å². The molecule has 0 rings (SSSR count). The van der Waals surface area contributed by atoms with E-state index in [4.69, 9.17) is 18.5 Å². The van der Waals surface area contributed by atoms with Crippen LogP contribution >= 0.6 is 7.82 Å². The van der Waals surface area contributed by atoms with Crippen LogP contribution in [0.25, 0.3) is 0 Å². The molecule has 0 amide bonds. The fourth-order valence-electron chi connectivity index (χ4n) is 4.97. The number of nitrogens with zero attached hydrogens (tertiary/aromatic N) is 1. The summed E-state index contributed by atoms with van der Waals surface area (Å²) in [6, 6.07) is 0. The number of carbonyl (C=O) groups is 2. The van der Waals surface area contributed by atoms with Gasteiger partial charge in [0.05, 0.1) is 33.9 Å². The first kappa shape index (κ1) is 58.9. The van der Waals surface area contributed by atoms with E-state index in [-0.39, 0.29) is 26.1 Å². The van der Waals surface area contributed by atoms with Crippen molar-refractivity contribution in [2.75, 3.05) is 47.5 Å². The fraction of sp³-hybridized carbons (Fsp3) is 0.500. The van der Waals surface area contributed by atoms with Crippen LogP contribution < -0.4 is 0 Å². The summed E-state index contributed by atoms with van der Waals surface area (Å²) >= 11 is 0. The molecule has 2 unspecified atom stereocenters. The van der Waals surface area contributed by atoms with E-state index < -0.39 is 38.6 Å². The normalized spacial score (nSPS) is 15.3. The second kappa shape index (κ2) is 41.8. The van der Waals surface area contributed by atoms with Crippen LogP contribution in [0, 0.1) is 0 Å². The first-order valence-electron chi connectivity index (χ1n) is 22.7. The molecule has 0 heterocycles. The van der Waals surface area contributed by atoms with Crippen LogP contribution in [0.4, 0.5) is 0 Å². The zero-order valence-electron chi connectivity index (χ0n) is 39.1. The number of aliphatic hydroxyl groups is 1. The SMILES string of the molecule is CC/C=C\C/C=C\C/C=C\C/C=C\C/C=C\C/C=C\CCC(=O)OC[C@H](COP(=O)(O)OCC[N+](C)(C)C)OC(=O)CC/C=C\C/C=C\C/C=C\C/C=C/C=C/C(O)C/C=C\CC. The maximum atomic E-state index is 12.7. The molecule has 0 bridgehead atoms. The smallest absolute Gasteiger partial charge is 0.462 e. The van der Waals surface area contributed by atoms with Gasteiger partial charge in [0, 0.05) is 12.8 Å². The number of rotatable bonds is 38. The standard InChI is InChI=1S/C52H80NO9P/c1-6-8-10-11-12-13-14-15-16-17-18-19-20-23-26-29-32-35-39-43-51(55)59-47-50(48-61-63(57,58)60-46-45-53(3,4)5)62-52(56)44-40-36-33-30-27-24-21-22-25-28-31-34-38-42-49(54)41-37-9-7-2/h8-10,12-13,15-16,18-19,22-27,31-38,42,49-50,54H,6-7,11,14,17,20-21,28-30,39-41,43-48H2,1-5H3/p+1/b10-8-,13-12-,16-15-,19-18-,25-22-,26-23-,27-24-,34-31+,35-32-,36-33-,37-9-,42-38+/t49?,50-/m1/s1. The van der Waals surface area contributed by atoms with Gasteiger partial charge in [-0.15, -0.1) is 0 Å². The molecule has 0 aromatic carbocycles. The van der Waals surface area contributed by atoms with Gasteiger partial charge in [0.25, 0.3) is 0 Å². The number of quaternary nitrogens is 1. The van der Waals surface area contributed by atoms with Crippen molar-refractivity contribution in [1.82, 2.24) is 0 Å². The number of phosphoric acid groups is 1. The summed E-state index contributed by atoms with van der Waals surface area (Å²) in [5, 5.41) is 9.86. The lowest BCUT2D eigenvalue weighted by molar-refractivity contribution is -0.870. The molecule has 0 spiro atoms. The molecule has 0 saturated carbocycles. The van der Waals surface area contributed by atoms with Crippen molar-refractivity contribution in [2.24, 2.45) is 0 Å². The zero-order chi connectivity index (χ0) is 46.5. The lowest BCUT2D eigenvalue weighted by Gasteiger charge is -2.24. The van der Waals surface area contributed by atoms with E-state index in [1.807, 2.05) is 81.9 Å². The lowest BCUT2D eigenvalue weighted by Crippen LogP contribution is -2.37. The molecule has 0 radical (unpaired) electrons. The van der Waals surface area contributed by atoms with Crippen LogP contribution in [0.2, 0.25) is 0 Å². The summed E-state index contributed by atoms with van der Waals surface area (Å²) in [5.74, 6) is -1.03. The van der Waals surface area contributed by atoms with Gasteiger partial charge in [-0.2, -0.15) is 0 Å². The number of aliphatic hydroxyl groups excluding tert-OH is 1. The van der Waals surface area contributed by atoms with Crippen molar-refractivity contribution >= 4 is 19.8 Å². The third-order valence-electron chi connectivity index (χ3n) is 8.47. The molecule has 0 aromatic rings. The highest BCUT2D eigenvalue weighted by Gasteiger charge is 2.27. The summed E-state index contributed by atoms with van der Waals surface area (Å²) in [4.78, 5) is 35.4. The van der Waals surface area contributed by atoms with Crippen molar-refractivity contribution < 1.29 is 47.2 Å². The highest BCUT2D eigenvalue weighted by atomic mass is 31.2. The van der Waals surface area contributed by atoms with Crippen molar-refractivity contribution in [3.8, 4) is 0 Å². The van der Waals surface area contributed by atoms with E-state index in [9.17, 15) is 24.2 Å². The molecular weight excluding hydrogens is 814 g/mol. The molecule has 0 aliphatic heterocycles. The van der Waals surface area contributed by atoms with Crippen LogP contribution in [0.3, 0.4) is 0 Å². The largest absolute Gasteiger partial charge is 0.472 e. The Labute approximate surface area is 381 Å². The van der Waals surface area contributed by atoms with Gasteiger partial charge in [0.2, 0.25) is 0 Å². The fourth-order valence-corrected chi connectivity index (χ4v) is 5.71. The quantitative estimate of drug-likeness (QED) is 0.0205. The van der Waals surface area contributed by atoms with E-state index in [2.05, 4.69) is 92.8 Å². The van der Waals surface area contributed by atoms with Crippen LogP contribution in [0.5, 0.6) is 0 Å². The molecule has 0 aliphatic rings. The van der Waals surface area contributed by atoms with Crippen molar-refractivity contribution in [3.05, 3.63) is 146 Å². The number of esters is 2. The van der Waals surface area contributed by atoms with Gasteiger partial charge in [0.15, 0.2) is 6.10 Å². The molecule has 0 aromatic heterocycles. The van der Waals surface area contributed by atoms with E-state index in [1.54, 1.807) is 6.08 Å². The molecule has 0 saturated heterocycles. The summed E-state index contributed by atoms with van der Waals surface area (Å²) in [6.07, 6.45) is 58.3. The Morgan fingerprint density at radius 3 is 1.46 bits per heavy atom. The Hall–Kier alpha value is -4.15. The summed E-state index contributed by atoms with van der Waals surface area (Å²) < 4.78 is 34.1. The average Bonchev–Trinajstić information content (AvgIpc) is 3.23. The Morgan fingerprint density at radius 1 is 0.556 bits per heavy atom. The Balaban J connectivity index is 4.66. The highest BCUT2D eigenvalue weighted by Crippen LogP contribution is 2.43. The Morgan fingerprint density at radius 2 is 0.984 bits per heavy atom.